The Bertz CT molecular complexity index is 471. The molecule has 1 saturated heterocycles. The van der Waals surface area contributed by atoms with E-state index in [0.29, 0.717) is 38.5 Å². The zero-order chi connectivity index (χ0) is 14.5. The smallest absolute Gasteiger partial charge is 0.222 e. The van der Waals surface area contributed by atoms with Crippen LogP contribution in [0, 0.1) is 11.7 Å². The maximum absolute atomic E-state index is 14.1. The van der Waals surface area contributed by atoms with Gasteiger partial charge >= 0.3 is 0 Å². The molecular weight excluding hydrogens is 259 g/mol. The molecule has 0 saturated carbocycles. The molecule has 110 valence electrons. The number of ether oxygens (including phenoxy) is 1. The number of carbonyl (C=O) groups excluding carboxylic acids is 1. The third-order valence-corrected chi connectivity index (χ3v) is 3.35. The number of rotatable bonds is 4. The topological polar surface area (TPSA) is 41.6 Å². The summed E-state index contributed by atoms with van der Waals surface area (Å²) in [5.74, 6) is -0.335. The number of hydrogen-bond donors (Lipinski definition) is 1. The first kappa shape index (κ1) is 14.8. The average molecular weight is 280 g/mol. The number of nitrogens with one attached hydrogen (secondary N) is 1. The van der Waals surface area contributed by atoms with E-state index < -0.39 is 0 Å². The minimum Gasteiger partial charge on any atom is -0.378 e. The fraction of sp³-hybridized carbons (Fsp3) is 0.533. The molecule has 1 heterocycles. The van der Waals surface area contributed by atoms with Crippen molar-refractivity contribution in [3.63, 3.8) is 0 Å². The van der Waals surface area contributed by atoms with Gasteiger partial charge in [-0.2, -0.15) is 0 Å². The van der Waals surface area contributed by atoms with Crippen LogP contribution in [0.3, 0.4) is 0 Å². The van der Waals surface area contributed by atoms with Crippen molar-refractivity contribution in [1.82, 2.24) is 5.32 Å². The number of amides is 1. The Labute approximate surface area is 118 Å². The molecule has 1 N–H and O–H groups in total. The van der Waals surface area contributed by atoms with Gasteiger partial charge in [0.15, 0.2) is 0 Å². The molecule has 0 radical (unpaired) electrons. The van der Waals surface area contributed by atoms with Gasteiger partial charge in [0, 0.05) is 25.6 Å². The third kappa shape index (κ3) is 3.70. The Morgan fingerprint density at radius 2 is 2.10 bits per heavy atom. The maximum Gasteiger partial charge on any atom is 0.222 e. The Balaban J connectivity index is 2.00. The number of benzene rings is 1. The standard InChI is InChI=1S/C15H21FN2O2/c1-11(2)15(19)17-10-12-3-4-14(13(16)9-12)18-5-7-20-8-6-18/h3-4,9,11H,5-8,10H2,1-2H3,(H,17,19). The molecule has 1 amide bonds. The van der Waals surface area contributed by atoms with Crippen LogP contribution in [0.25, 0.3) is 0 Å². The number of anilines is 1. The molecule has 1 aliphatic rings. The van der Waals surface area contributed by atoms with Crippen LogP contribution in [0.15, 0.2) is 18.2 Å². The summed E-state index contributed by atoms with van der Waals surface area (Å²) in [6.45, 7) is 6.70. The van der Waals surface area contributed by atoms with E-state index in [2.05, 4.69) is 5.32 Å². The Kier molecular flexibility index (Phi) is 4.95. The van der Waals surface area contributed by atoms with Crippen molar-refractivity contribution in [3.05, 3.63) is 29.6 Å². The first-order chi connectivity index (χ1) is 9.58. The Hall–Kier alpha value is -1.62. The summed E-state index contributed by atoms with van der Waals surface area (Å²) in [6.07, 6.45) is 0. The number of morpholine rings is 1. The van der Waals surface area contributed by atoms with Crippen LogP contribution in [-0.2, 0) is 16.1 Å². The van der Waals surface area contributed by atoms with Crippen LogP contribution in [0.1, 0.15) is 19.4 Å². The highest BCUT2D eigenvalue weighted by Crippen LogP contribution is 2.21. The molecule has 20 heavy (non-hydrogen) atoms. The van der Waals surface area contributed by atoms with E-state index in [1.54, 1.807) is 6.07 Å². The molecule has 0 spiro atoms. The largest absolute Gasteiger partial charge is 0.378 e. The molecule has 0 atom stereocenters. The summed E-state index contributed by atoms with van der Waals surface area (Å²) < 4.78 is 19.4. The lowest BCUT2D eigenvalue weighted by Crippen LogP contribution is -2.36. The van der Waals surface area contributed by atoms with Gasteiger partial charge in [-0.25, -0.2) is 4.39 Å². The molecule has 5 heteroatoms. The SMILES string of the molecule is CC(C)C(=O)NCc1ccc(N2CCOCC2)c(F)c1. The fourth-order valence-corrected chi connectivity index (χ4v) is 2.11. The van der Waals surface area contributed by atoms with Gasteiger partial charge in [-0.05, 0) is 17.7 Å². The van der Waals surface area contributed by atoms with Crippen molar-refractivity contribution in [1.29, 1.82) is 0 Å². The van der Waals surface area contributed by atoms with Crippen molar-refractivity contribution in [2.45, 2.75) is 20.4 Å². The Morgan fingerprint density at radius 3 is 2.70 bits per heavy atom. The lowest BCUT2D eigenvalue weighted by molar-refractivity contribution is -0.124. The normalized spacial score (nSPS) is 15.5. The van der Waals surface area contributed by atoms with Crippen LogP contribution in [0.2, 0.25) is 0 Å². The average Bonchev–Trinajstić information content (AvgIpc) is 2.45. The van der Waals surface area contributed by atoms with E-state index in [1.165, 1.54) is 6.07 Å². The van der Waals surface area contributed by atoms with E-state index in [9.17, 15) is 9.18 Å². The summed E-state index contributed by atoms with van der Waals surface area (Å²) in [5, 5.41) is 2.79. The molecule has 1 aromatic rings. The third-order valence-electron chi connectivity index (χ3n) is 3.35. The maximum atomic E-state index is 14.1. The van der Waals surface area contributed by atoms with Crippen molar-refractivity contribution < 1.29 is 13.9 Å². The van der Waals surface area contributed by atoms with Gasteiger partial charge in [-0.15, -0.1) is 0 Å². The summed E-state index contributed by atoms with van der Waals surface area (Å²) >= 11 is 0. The van der Waals surface area contributed by atoms with Crippen molar-refractivity contribution >= 4 is 11.6 Å². The fourth-order valence-electron chi connectivity index (χ4n) is 2.11. The van der Waals surface area contributed by atoms with Crippen LogP contribution in [0.4, 0.5) is 10.1 Å². The van der Waals surface area contributed by atoms with Crippen LogP contribution in [-0.4, -0.2) is 32.2 Å². The summed E-state index contributed by atoms with van der Waals surface area (Å²) in [7, 11) is 0. The number of carbonyl (C=O) groups is 1. The number of nitrogens with zero attached hydrogens (tertiary/aromatic N) is 1. The lowest BCUT2D eigenvalue weighted by Gasteiger charge is -2.29. The van der Waals surface area contributed by atoms with Gasteiger partial charge < -0.3 is 15.0 Å². The highest BCUT2D eigenvalue weighted by Gasteiger charge is 2.15. The molecular formula is C15H21FN2O2. The van der Waals surface area contributed by atoms with Crippen molar-refractivity contribution in [2.75, 3.05) is 31.2 Å². The van der Waals surface area contributed by atoms with Gasteiger partial charge in [0.1, 0.15) is 5.82 Å². The Morgan fingerprint density at radius 1 is 1.40 bits per heavy atom. The minimum atomic E-state index is -0.247. The second kappa shape index (κ2) is 6.70. The highest BCUT2D eigenvalue weighted by atomic mass is 19.1. The summed E-state index contributed by atoms with van der Waals surface area (Å²) in [5.41, 5.74) is 1.38. The molecule has 4 nitrogen and oxygen atoms in total. The molecule has 1 aromatic carbocycles. The zero-order valence-electron chi connectivity index (χ0n) is 12.0. The molecule has 0 unspecified atom stereocenters. The van der Waals surface area contributed by atoms with E-state index in [1.807, 2.05) is 24.8 Å². The monoisotopic (exact) mass is 280 g/mol. The van der Waals surface area contributed by atoms with E-state index in [4.69, 9.17) is 4.74 Å². The van der Waals surface area contributed by atoms with Crippen molar-refractivity contribution in [2.24, 2.45) is 5.92 Å². The van der Waals surface area contributed by atoms with Gasteiger partial charge in [0.05, 0.1) is 18.9 Å². The van der Waals surface area contributed by atoms with E-state index >= 15 is 0 Å². The van der Waals surface area contributed by atoms with Crippen LogP contribution >= 0.6 is 0 Å². The van der Waals surface area contributed by atoms with Crippen LogP contribution in [0.5, 0.6) is 0 Å². The summed E-state index contributed by atoms with van der Waals surface area (Å²) in [6, 6.07) is 5.12. The van der Waals surface area contributed by atoms with Gasteiger partial charge in [-0.3, -0.25) is 4.79 Å². The second-order valence-electron chi connectivity index (χ2n) is 5.26. The molecule has 0 aliphatic carbocycles. The van der Waals surface area contributed by atoms with Crippen molar-refractivity contribution in [3.8, 4) is 0 Å². The molecule has 1 aliphatic heterocycles. The molecule has 2 rings (SSSR count). The second-order valence-corrected chi connectivity index (χ2v) is 5.26. The summed E-state index contributed by atoms with van der Waals surface area (Å²) in [4.78, 5) is 13.5. The minimum absolute atomic E-state index is 0.0253. The van der Waals surface area contributed by atoms with Gasteiger partial charge in [-0.1, -0.05) is 19.9 Å². The van der Waals surface area contributed by atoms with Gasteiger partial charge in [0.25, 0.3) is 0 Å². The van der Waals surface area contributed by atoms with Gasteiger partial charge in [0.2, 0.25) is 5.91 Å². The van der Waals surface area contributed by atoms with Crippen LogP contribution < -0.4 is 10.2 Å². The highest BCUT2D eigenvalue weighted by molar-refractivity contribution is 5.77. The zero-order valence-corrected chi connectivity index (χ0v) is 12.0. The predicted octanol–water partition coefficient (Wildman–Crippen LogP) is 1.93. The molecule has 0 bridgehead atoms. The predicted molar refractivity (Wildman–Crippen MR) is 76.1 cm³/mol. The number of halogens is 1. The quantitative estimate of drug-likeness (QED) is 0.916. The number of hydrogen-bond acceptors (Lipinski definition) is 3. The lowest BCUT2D eigenvalue weighted by atomic mass is 10.1. The molecule has 1 fully saturated rings. The molecule has 0 aromatic heterocycles. The van der Waals surface area contributed by atoms with E-state index in [0.717, 1.165) is 5.56 Å². The van der Waals surface area contributed by atoms with E-state index in [-0.39, 0.29) is 17.6 Å². The first-order valence-corrected chi connectivity index (χ1v) is 6.97. The first-order valence-electron chi connectivity index (χ1n) is 6.97.